The molecule has 2 aromatic carbocycles. The van der Waals surface area contributed by atoms with Crippen LogP contribution in [0.25, 0.3) is 16.3 Å². The summed E-state index contributed by atoms with van der Waals surface area (Å²) in [5.74, 6) is -1.64. The SMILES string of the molecule is O=S(=O)(O)CCCN1/C(=C/C=C2\CCCC(/C=C/c3sc4ccc(F)cc4[n+]3CCCS(=O)(=O)O)=C2Cl)Sc2ccc(F)cc21. The summed E-state index contributed by atoms with van der Waals surface area (Å²) in [5.41, 5.74) is 3.05. The lowest BCUT2D eigenvalue weighted by Gasteiger charge is -2.20. The molecule has 1 aromatic heterocycles. The molecule has 45 heavy (non-hydrogen) atoms. The third-order valence-electron chi connectivity index (χ3n) is 7.26. The normalized spacial score (nSPS) is 17.8. The van der Waals surface area contributed by atoms with Gasteiger partial charge >= 0.3 is 0 Å². The highest BCUT2D eigenvalue weighted by atomic mass is 35.5. The van der Waals surface area contributed by atoms with E-state index in [4.69, 9.17) is 20.7 Å². The summed E-state index contributed by atoms with van der Waals surface area (Å²) < 4.78 is 94.2. The van der Waals surface area contributed by atoms with Gasteiger partial charge in [-0.05, 0) is 73.2 Å². The van der Waals surface area contributed by atoms with E-state index in [0.29, 0.717) is 16.2 Å². The van der Waals surface area contributed by atoms with Gasteiger partial charge in [0.05, 0.1) is 22.2 Å². The minimum absolute atomic E-state index is 0.152. The minimum Gasteiger partial charge on any atom is -0.335 e. The van der Waals surface area contributed by atoms with Gasteiger partial charge in [-0.25, -0.2) is 8.78 Å². The average Bonchev–Trinajstić information content (AvgIpc) is 3.47. The Morgan fingerprint density at radius 2 is 1.64 bits per heavy atom. The fourth-order valence-electron chi connectivity index (χ4n) is 5.22. The molecule has 240 valence electrons. The van der Waals surface area contributed by atoms with Crippen LogP contribution in [0.1, 0.15) is 37.1 Å². The van der Waals surface area contributed by atoms with E-state index in [-0.39, 0.29) is 25.9 Å². The van der Waals surface area contributed by atoms with Gasteiger partial charge in [0, 0.05) is 35.0 Å². The van der Waals surface area contributed by atoms with E-state index >= 15 is 0 Å². The van der Waals surface area contributed by atoms with Crippen molar-refractivity contribution in [3.8, 4) is 0 Å². The molecule has 2 aliphatic rings. The molecule has 1 aliphatic carbocycles. The molecule has 2 heterocycles. The van der Waals surface area contributed by atoms with Crippen LogP contribution in [0.2, 0.25) is 0 Å². The standard InChI is InChI=1S/C30H29ClF2N2O6S4/c31-30-20(6-12-28-34(14-2-16-44(36,37)38)24-18-22(32)8-10-26(24)42-28)4-1-5-21(30)7-13-29-35(15-3-17-45(39,40)41)25-19-23(33)9-11-27(25)43-29/h6-13,18-19H,1-5,14-17H2,(H-,36,37,38,39,40,41)/p+1. The van der Waals surface area contributed by atoms with Crippen molar-refractivity contribution in [3.05, 3.63) is 92.5 Å². The Kier molecular flexibility index (Phi) is 10.5. The maximum absolute atomic E-state index is 14.1. The van der Waals surface area contributed by atoms with Gasteiger partial charge < -0.3 is 4.90 Å². The second-order valence-corrected chi connectivity index (χ2v) is 16.2. The molecule has 0 saturated heterocycles. The van der Waals surface area contributed by atoms with Gasteiger partial charge in [-0.1, -0.05) is 46.9 Å². The average molecular weight is 716 g/mol. The molecule has 1 aliphatic heterocycles. The van der Waals surface area contributed by atoms with Crippen LogP contribution in [0, 0.1) is 11.6 Å². The molecule has 0 saturated carbocycles. The van der Waals surface area contributed by atoms with Gasteiger partial charge in [-0.15, -0.1) is 0 Å². The molecule has 0 unspecified atom stereocenters. The highest BCUT2D eigenvalue weighted by Crippen LogP contribution is 2.46. The van der Waals surface area contributed by atoms with Crippen molar-refractivity contribution in [1.29, 1.82) is 0 Å². The molecule has 3 aromatic rings. The summed E-state index contributed by atoms with van der Waals surface area (Å²) in [6, 6.07) is 8.89. The van der Waals surface area contributed by atoms with Crippen molar-refractivity contribution in [1.82, 2.24) is 0 Å². The van der Waals surface area contributed by atoms with Crippen molar-refractivity contribution < 1.29 is 39.3 Å². The van der Waals surface area contributed by atoms with Gasteiger partial charge in [-0.3, -0.25) is 9.11 Å². The number of fused-ring (bicyclic) bond motifs is 2. The lowest BCUT2D eigenvalue weighted by Crippen LogP contribution is -2.36. The number of halogens is 3. The van der Waals surface area contributed by atoms with E-state index in [1.165, 1.54) is 47.4 Å². The highest BCUT2D eigenvalue weighted by Gasteiger charge is 2.26. The first-order valence-electron chi connectivity index (χ1n) is 14.0. The smallest absolute Gasteiger partial charge is 0.265 e. The Morgan fingerprint density at radius 1 is 0.933 bits per heavy atom. The summed E-state index contributed by atoms with van der Waals surface area (Å²) in [6.45, 7) is 0.526. The molecule has 0 amide bonds. The van der Waals surface area contributed by atoms with Crippen LogP contribution in [0.3, 0.4) is 0 Å². The van der Waals surface area contributed by atoms with E-state index in [0.717, 1.165) is 50.0 Å². The van der Waals surface area contributed by atoms with Crippen LogP contribution in [-0.2, 0) is 26.8 Å². The minimum atomic E-state index is -4.13. The first-order chi connectivity index (χ1) is 21.3. The number of anilines is 1. The highest BCUT2D eigenvalue weighted by molar-refractivity contribution is 8.03. The largest absolute Gasteiger partial charge is 0.335 e. The number of thiazole rings is 1. The molecule has 2 N–H and O–H groups in total. The summed E-state index contributed by atoms with van der Waals surface area (Å²) in [6.07, 6.45) is 10.2. The number of benzene rings is 2. The predicted octanol–water partition coefficient (Wildman–Crippen LogP) is 7.09. The van der Waals surface area contributed by atoms with Crippen molar-refractivity contribution >= 4 is 76.9 Å². The molecule has 5 rings (SSSR count). The number of aryl methyl sites for hydroxylation is 1. The maximum Gasteiger partial charge on any atom is 0.265 e. The van der Waals surface area contributed by atoms with Crippen LogP contribution < -0.4 is 9.47 Å². The number of hydrogen-bond acceptors (Lipinski definition) is 7. The van der Waals surface area contributed by atoms with E-state index in [1.807, 2.05) is 33.8 Å². The summed E-state index contributed by atoms with van der Waals surface area (Å²) in [4.78, 5) is 2.66. The van der Waals surface area contributed by atoms with Crippen LogP contribution in [0.5, 0.6) is 0 Å². The zero-order valence-electron chi connectivity index (χ0n) is 23.8. The van der Waals surface area contributed by atoms with Gasteiger partial charge in [0.2, 0.25) is 5.52 Å². The molecular weight excluding hydrogens is 686 g/mol. The zero-order chi connectivity index (χ0) is 32.4. The third kappa shape index (κ3) is 8.82. The quantitative estimate of drug-likeness (QED) is 0.160. The van der Waals surface area contributed by atoms with Crippen molar-refractivity contribution in [2.45, 2.75) is 43.5 Å². The Bertz CT molecular complexity index is 1970. The van der Waals surface area contributed by atoms with Crippen LogP contribution >= 0.6 is 34.7 Å². The first kappa shape index (κ1) is 33.8. The summed E-state index contributed by atoms with van der Waals surface area (Å²) in [7, 11) is -8.26. The number of aromatic nitrogens is 1. The number of allylic oxidation sites excluding steroid dienone is 6. The van der Waals surface area contributed by atoms with Gasteiger partial charge in [0.15, 0.2) is 6.54 Å². The van der Waals surface area contributed by atoms with E-state index in [1.54, 1.807) is 12.1 Å². The summed E-state index contributed by atoms with van der Waals surface area (Å²) >= 11 is 9.73. The Labute approximate surface area is 273 Å². The predicted molar refractivity (Wildman–Crippen MR) is 176 cm³/mol. The fraction of sp³-hybridized carbons (Fsp3) is 0.300. The Morgan fingerprint density at radius 3 is 2.40 bits per heavy atom. The zero-order valence-corrected chi connectivity index (χ0v) is 27.8. The molecule has 0 fully saturated rings. The molecule has 0 radical (unpaired) electrons. The van der Waals surface area contributed by atoms with Crippen molar-refractivity contribution in [2.24, 2.45) is 0 Å². The molecule has 0 spiro atoms. The fourth-order valence-corrected chi connectivity index (χ4v) is 8.66. The van der Waals surface area contributed by atoms with E-state index < -0.39 is 43.4 Å². The number of rotatable bonds is 11. The third-order valence-corrected chi connectivity index (χ3v) is 11.6. The Hall–Kier alpha value is -2.59. The molecule has 8 nitrogen and oxygen atoms in total. The maximum atomic E-state index is 14.1. The summed E-state index contributed by atoms with van der Waals surface area (Å²) in [5, 5.41) is 2.13. The van der Waals surface area contributed by atoms with Crippen LogP contribution in [-0.4, -0.2) is 44.0 Å². The topological polar surface area (TPSA) is 116 Å². The monoisotopic (exact) mass is 715 g/mol. The number of nitrogens with zero attached hydrogens (tertiary/aromatic N) is 2. The second kappa shape index (κ2) is 14.0. The molecule has 15 heteroatoms. The van der Waals surface area contributed by atoms with E-state index in [9.17, 15) is 25.6 Å². The van der Waals surface area contributed by atoms with Crippen LogP contribution in [0.15, 0.2) is 80.7 Å². The lowest BCUT2D eigenvalue weighted by atomic mass is 9.94. The lowest BCUT2D eigenvalue weighted by molar-refractivity contribution is -0.668. The van der Waals surface area contributed by atoms with E-state index in [2.05, 4.69) is 0 Å². The van der Waals surface area contributed by atoms with Gasteiger partial charge in [0.25, 0.3) is 25.2 Å². The van der Waals surface area contributed by atoms with Crippen LogP contribution in [0.4, 0.5) is 14.5 Å². The molecular formula is C30H30ClF2N2O6S4+. The first-order valence-corrected chi connectivity index (χ1v) is 19.3. The Balaban J connectivity index is 1.41. The molecule has 0 bridgehead atoms. The number of hydrogen-bond donors (Lipinski definition) is 2. The van der Waals surface area contributed by atoms with Crippen molar-refractivity contribution in [3.63, 3.8) is 0 Å². The second-order valence-electron chi connectivity index (χ2n) is 10.6. The van der Waals surface area contributed by atoms with Gasteiger partial charge in [0.1, 0.15) is 16.3 Å². The molecule has 0 atom stereocenters. The number of thioether (sulfide) groups is 1. The van der Waals surface area contributed by atoms with Gasteiger partial charge in [-0.2, -0.15) is 21.4 Å². The van der Waals surface area contributed by atoms with Crippen molar-refractivity contribution in [2.75, 3.05) is 23.0 Å².